The number of nitrogens with one attached hydrogen (secondary N) is 1. The lowest BCUT2D eigenvalue weighted by Crippen LogP contribution is -2.35. The minimum atomic E-state index is -0.319. The number of aromatic nitrogens is 1. The molecular formula is C10H12N4O2S. The maximum absolute atomic E-state index is 11.7. The normalized spacial score (nSPS) is 14.8. The van der Waals surface area contributed by atoms with Crippen molar-refractivity contribution in [3.05, 3.63) is 18.3 Å². The Bertz CT molecular complexity index is 434. The highest BCUT2D eigenvalue weighted by atomic mass is 32.2. The molecule has 1 saturated heterocycles. The molecule has 0 bridgehead atoms. The fourth-order valence-electron chi connectivity index (χ4n) is 1.40. The second-order valence-corrected chi connectivity index (χ2v) is 4.49. The van der Waals surface area contributed by atoms with Crippen LogP contribution < -0.4 is 11.1 Å². The number of imide groups is 1. The zero-order valence-corrected chi connectivity index (χ0v) is 9.87. The molecule has 2 heterocycles. The molecular weight excluding hydrogens is 240 g/mol. The Morgan fingerprint density at radius 2 is 2.41 bits per heavy atom. The first-order valence-corrected chi connectivity index (χ1v) is 6.08. The highest BCUT2D eigenvalue weighted by Gasteiger charge is 2.25. The molecule has 1 aliphatic rings. The maximum Gasteiger partial charge on any atom is 0.324 e. The van der Waals surface area contributed by atoms with Crippen LogP contribution in [0.3, 0.4) is 0 Å². The summed E-state index contributed by atoms with van der Waals surface area (Å²) in [6.45, 7) is 0.961. The Labute approximate surface area is 103 Å². The Balaban J connectivity index is 1.87. The largest absolute Gasteiger partial charge is 0.397 e. The van der Waals surface area contributed by atoms with Gasteiger partial charge in [0.1, 0.15) is 0 Å². The number of urea groups is 1. The minimum absolute atomic E-state index is 0.199. The van der Waals surface area contributed by atoms with E-state index in [0.717, 1.165) is 0 Å². The van der Waals surface area contributed by atoms with Crippen molar-refractivity contribution >= 4 is 29.4 Å². The number of thioether (sulfide) groups is 1. The van der Waals surface area contributed by atoms with E-state index < -0.39 is 0 Å². The minimum Gasteiger partial charge on any atom is -0.397 e. The molecule has 3 N–H and O–H groups in total. The van der Waals surface area contributed by atoms with Crippen LogP contribution in [0.4, 0.5) is 10.5 Å². The number of carbonyl (C=O) groups excluding carboxylic acids is 2. The van der Waals surface area contributed by atoms with Gasteiger partial charge in [-0.15, -0.1) is 0 Å². The van der Waals surface area contributed by atoms with Crippen LogP contribution in [0.5, 0.6) is 0 Å². The third kappa shape index (κ3) is 2.88. The van der Waals surface area contributed by atoms with Gasteiger partial charge in [-0.3, -0.25) is 9.69 Å². The molecule has 0 aliphatic carbocycles. The lowest BCUT2D eigenvalue weighted by Gasteiger charge is -2.11. The topological polar surface area (TPSA) is 88.3 Å². The quantitative estimate of drug-likeness (QED) is 0.756. The molecule has 6 nitrogen and oxygen atoms in total. The Kier molecular flexibility index (Phi) is 3.48. The monoisotopic (exact) mass is 252 g/mol. The first kappa shape index (κ1) is 11.7. The van der Waals surface area contributed by atoms with E-state index in [2.05, 4.69) is 10.3 Å². The number of hydrogen-bond donors (Lipinski definition) is 2. The molecule has 17 heavy (non-hydrogen) atoms. The van der Waals surface area contributed by atoms with Gasteiger partial charge in [0.2, 0.25) is 5.91 Å². The van der Waals surface area contributed by atoms with Crippen LogP contribution in [0.2, 0.25) is 0 Å². The zero-order valence-electron chi connectivity index (χ0n) is 9.05. The number of hydrogen-bond acceptors (Lipinski definition) is 5. The summed E-state index contributed by atoms with van der Waals surface area (Å²) in [4.78, 5) is 28.2. The summed E-state index contributed by atoms with van der Waals surface area (Å²) in [6, 6.07) is 3.15. The summed E-state index contributed by atoms with van der Waals surface area (Å²) in [5.74, 6) is -0.00623. The lowest BCUT2D eigenvalue weighted by molar-refractivity contribution is -0.124. The molecule has 2 rings (SSSR count). The molecule has 0 unspecified atom stereocenters. The van der Waals surface area contributed by atoms with Gasteiger partial charge in [-0.2, -0.15) is 0 Å². The second-order valence-electron chi connectivity index (χ2n) is 3.50. The highest BCUT2D eigenvalue weighted by Crippen LogP contribution is 2.16. The summed E-state index contributed by atoms with van der Waals surface area (Å²) < 4.78 is 0. The fourth-order valence-corrected chi connectivity index (χ4v) is 2.12. The standard InChI is InChI=1S/C10H12N4O2S/c11-7-1-2-8(13-5-7)17-6-9(15)14-4-3-12-10(14)16/h1-2,5H,3-4,6,11H2,(H,12,16). The molecule has 3 amide bonds. The number of nitrogen functional groups attached to an aromatic ring is 1. The predicted octanol–water partition coefficient (Wildman–Crippen LogP) is 0.308. The number of nitrogens with two attached hydrogens (primary N) is 1. The Morgan fingerprint density at radius 1 is 1.59 bits per heavy atom. The number of pyridine rings is 1. The van der Waals surface area contributed by atoms with E-state index in [1.165, 1.54) is 22.9 Å². The molecule has 1 aliphatic heterocycles. The lowest BCUT2D eigenvalue weighted by atomic mass is 10.4. The highest BCUT2D eigenvalue weighted by molar-refractivity contribution is 7.99. The van der Waals surface area contributed by atoms with Gasteiger partial charge in [0.25, 0.3) is 0 Å². The van der Waals surface area contributed by atoms with Crippen molar-refractivity contribution in [2.24, 2.45) is 0 Å². The van der Waals surface area contributed by atoms with Crippen molar-refractivity contribution in [2.45, 2.75) is 5.03 Å². The summed E-state index contributed by atoms with van der Waals surface area (Å²) in [5, 5.41) is 3.30. The summed E-state index contributed by atoms with van der Waals surface area (Å²) in [7, 11) is 0. The van der Waals surface area contributed by atoms with Crippen LogP contribution in [-0.4, -0.2) is 40.7 Å². The Morgan fingerprint density at radius 3 is 3.00 bits per heavy atom. The molecule has 0 aromatic carbocycles. The number of anilines is 1. The molecule has 7 heteroatoms. The third-order valence-corrected chi connectivity index (χ3v) is 3.19. The van der Waals surface area contributed by atoms with Gasteiger partial charge in [-0.25, -0.2) is 9.78 Å². The van der Waals surface area contributed by atoms with E-state index in [9.17, 15) is 9.59 Å². The number of carbonyl (C=O) groups is 2. The van der Waals surface area contributed by atoms with Gasteiger partial charge in [0.05, 0.1) is 22.7 Å². The summed E-state index contributed by atoms with van der Waals surface area (Å²) >= 11 is 1.29. The van der Waals surface area contributed by atoms with Crippen LogP contribution in [0, 0.1) is 0 Å². The SMILES string of the molecule is Nc1ccc(SCC(=O)N2CCNC2=O)nc1. The van der Waals surface area contributed by atoms with E-state index in [1.54, 1.807) is 12.1 Å². The van der Waals surface area contributed by atoms with E-state index in [0.29, 0.717) is 23.8 Å². The molecule has 0 saturated carbocycles. The van der Waals surface area contributed by atoms with Crippen molar-refractivity contribution in [1.82, 2.24) is 15.2 Å². The average Bonchev–Trinajstić information content (AvgIpc) is 2.74. The van der Waals surface area contributed by atoms with Crippen LogP contribution in [-0.2, 0) is 4.79 Å². The van der Waals surface area contributed by atoms with Crippen molar-refractivity contribution < 1.29 is 9.59 Å². The average molecular weight is 252 g/mol. The van der Waals surface area contributed by atoms with E-state index in [-0.39, 0.29) is 17.7 Å². The van der Waals surface area contributed by atoms with Crippen LogP contribution in [0.1, 0.15) is 0 Å². The first-order chi connectivity index (χ1) is 8.16. The number of nitrogens with zero attached hydrogens (tertiary/aromatic N) is 2. The molecule has 0 radical (unpaired) electrons. The molecule has 0 spiro atoms. The van der Waals surface area contributed by atoms with Gasteiger partial charge in [-0.05, 0) is 12.1 Å². The Hall–Kier alpha value is -1.76. The predicted molar refractivity (Wildman–Crippen MR) is 64.5 cm³/mol. The van der Waals surface area contributed by atoms with Crippen molar-refractivity contribution in [3.8, 4) is 0 Å². The molecule has 90 valence electrons. The smallest absolute Gasteiger partial charge is 0.324 e. The zero-order chi connectivity index (χ0) is 12.3. The van der Waals surface area contributed by atoms with E-state index in [1.807, 2.05) is 0 Å². The van der Waals surface area contributed by atoms with Crippen LogP contribution in [0.25, 0.3) is 0 Å². The molecule has 1 aromatic rings. The van der Waals surface area contributed by atoms with Crippen molar-refractivity contribution in [3.63, 3.8) is 0 Å². The van der Waals surface area contributed by atoms with Gasteiger partial charge < -0.3 is 11.1 Å². The maximum atomic E-state index is 11.7. The summed E-state index contributed by atoms with van der Waals surface area (Å²) in [5.41, 5.74) is 6.08. The fraction of sp³-hybridized carbons (Fsp3) is 0.300. The van der Waals surface area contributed by atoms with Crippen molar-refractivity contribution in [1.29, 1.82) is 0 Å². The van der Waals surface area contributed by atoms with Gasteiger partial charge in [0.15, 0.2) is 0 Å². The number of amides is 3. The van der Waals surface area contributed by atoms with Gasteiger partial charge in [0, 0.05) is 13.1 Å². The second kappa shape index (κ2) is 5.05. The van der Waals surface area contributed by atoms with E-state index >= 15 is 0 Å². The third-order valence-electron chi connectivity index (χ3n) is 2.26. The summed E-state index contributed by atoms with van der Waals surface area (Å²) in [6.07, 6.45) is 1.54. The van der Waals surface area contributed by atoms with Gasteiger partial charge in [-0.1, -0.05) is 11.8 Å². The van der Waals surface area contributed by atoms with Crippen LogP contribution in [0.15, 0.2) is 23.4 Å². The van der Waals surface area contributed by atoms with Crippen LogP contribution >= 0.6 is 11.8 Å². The first-order valence-electron chi connectivity index (χ1n) is 5.09. The molecule has 1 aromatic heterocycles. The van der Waals surface area contributed by atoms with E-state index in [4.69, 9.17) is 5.73 Å². The van der Waals surface area contributed by atoms with Crippen molar-refractivity contribution in [2.75, 3.05) is 24.6 Å². The van der Waals surface area contributed by atoms with Gasteiger partial charge >= 0.3 is 6.03 Å². The number of rotatable bonds is 3. The molecule has 0 atom stereocenters. The molecule has 1 fully saturated rings.